The van der Waals surface area contributed by atoms with E-state index in [0.717, 1.165) is 0 Å². The van der Waals surface area contributed by atoms with Crippen LogP contribution in [0.15, 0.2) is 12.1 Å². The number of rotatable bonds is 6. The van der Waals surface area contributed by atoms with Gasteiger partial charge in [0.1, 0.15) is 5.75 Å². The largest absolute Gasteiger partial charge is 0.483 e. The van der Waals surface area contributed by atoms with Crippen LogP contribution >= 0.6 is 0 Å². The van der Waals surface area contributed by atoms with Crippen molar-refractivity contribution in [2.45, 2.75) is 20.5 Å². The molecule has 0 radical (unpaired) electrons. The van der Waals surface area contributed by atoms with Crippen molar-refractivity contribution in [1.29, 1.82) is 0 Å². The molecule has 6 nitrogen and oxygen atoms in total. The Morgan fingerprint density at radius 3 is 2.55 bits per heavy atom. The van der Waals surface area contributed by atoms with Crippen LogP contribution in [0.4, 0.5) is 0 Å². The first-order valence-electron chi connectivity index (χ1n) is 6.63. The number of ether oxygens (including phenoxy) is 3. The van der Waals surface area contributed by atoms with E-state index in [1.54, 1.807) is 17.0 Å². The highest BCUT2D eigenvalue weighted by Crippen LogP contribution is 2.38. The number of aliphatic hydroxyl groups excluding tert-OH is 1. The van der Waals surface area contributed by atoms with Gasteiger partial charge < -0.3 is 24.2 Å². The Bertz CT molecular complexity index is 485. The van der Waals surface area contributed by atoms with Gasteiger partial charge in [0, 0.05) is 24.7 Å². The lowest BCUT2D eigenvalue weighted by molar-refractivity contribution is -0.133. The molecule has 0 saturated carbocycles. The Labute approximate surface area is 117 Å². The highest BCUT2D eigenvalue weighted by Gasteiger charge is 2.19. The van der Waals surface area contributed by atoms with Crippen molar-refractivity contribution in [2.24, 2.45) is 0 Å². The molecule has 1 aliphatic heterocycles. The molecular formula is C14H19NO5. The van der Waals surface area contributed by atoms with Gasteiger partial charge in [-0.05, 0) is 19.9 Å². The van der Waals surface area contributed by atoms with Crippen LogP contribution in [0.2, 0.25) is 0 Å². The Morgan fingerprint density at radius 1 is 1.30 bits per heavy atom. The molecule has 1 amide bonds. The zero-order valence-electron chi connectivity index (χ0n) is 11.7. The van der Waals surface area contributed by atoms with Gasteiger partial charge in [0.2, 0.25) is 6.79 Å². The number of fused-ring (bicyclic) bond motifs is 1. The lowest BCUT2D eigenvalue weighted by Crippen LogP contribution is -2.34. The summed E-state index contributed by atoms with van der Waals surface area (Å²) in [5, 5.41) is 9.34. The number of likely N-dealkylation sites (N-methyl/N-ethyl adjacent to an activating group) is 1. The summed E-state index contributed by atoms with van der Waals surface area (Å²) in [6, 6.07) is 3.31. The number of aliphatic hydroxyl groups is 1. The zero-order valence-corrected chi connectivity index (χ0v) is 11.7. The number of nitrogens with zero attached hydrogens (tertiary/aromatic N) is 1. The number of hydrogen-bond donors (Lipinski definition) is 1. The van der Waals surface area contributed by atoms with Gasteiger partial charge in [-0.3, -0.25) is 4.79 Å². The molecule has 1 N–H and O–H groups in total. The minimum absolute atomic E-state index is 0.0612. The molecule has 1 aromatic carbocycles. The first kappa shape index (κ1) is 14.5. The summed E-state index contributed by atoms with van der Waals surface area (Å²) in [4.78, 5) is 13.6. The molecule has 1 aliphatic rings. The van der Waals surface area contributed by atoms with Crippen LogP contribution in [0, 0.1) is 0 Å². The van der Waals surface area contributed by atoms with Gasteiger partial charge in [0.25, 0.3) is 5.91 Å². The topological polar surface area (TPSA) is 68.2 Å². The second-order valence-corrected chi connectivity index (χ2v) is 4.33. The molecule has 0 unspecified atom stereocenters. The van der Waals surface area contributed by atoms with Crippen LogP contribution in [-0.4, -0.2) is 42.4 Å². The smallest absolute Gasteiger partial charge is 0.260 e. The Kier molecular flexibility index (Phi) is 4.68. The molecule has 6 heteroatoms. The van der Waals surface area contributed by atoms with Crippen molar-refractivity contribution < 1.29 is 24.1 Å². The molecule has 1 heterocycles. The van der Waals surface area contributed by atoms with Crippen molar-refractivity contribution in [1.82, 2.24) is 4.90 Å². The molecule has 0 fully saturated rings. The van der Waals surface area contributed by atoms with Crippen molar-refractivity contribution in [3.8, 4) is 17.2 Å². The molecular weight excluding hydrogens is 262 g/mol. The fourth-order valence-corrected chi connectivity index (χ4v) is 2.03. The molecule has 0 aromatic heterocycles. The summed E-state index contributed by atoms with van der Waals surface area (Å²) in [5.41, 5.74) is 0.571. The molecule has 0 spiro atoms. The van der Waals surface area contributed by atoms with Crippen LogP contribution in [0.5, 0.6) is 17.2 Å². The highest BCUT2D eigenvalue weighted by molar-refractivity contribution is 5.77. The highest BCUT2D eigenvalue weighted by atomic mass is 16.7. The van der Waals surface area contributed by atoms with Gasteiger partial charge in [0.05, 0.1) is 6.61 Å². The molecule has 0 bridgehead atoms. The molecule has 110 valence electrons. The summed E-state index contributed by atoms with van der Waals surface area (Å²) in [6.07, 6.45) is 0. The van der Waals surface area contributed by atoms with Crippen LogP contribution in [0.3, 0.4) is 0 Å². The van der Waals surface area contributed by atoms with Crippen molar-refractivity contribution in [3.05, 3.63) is 17.7 Å². The maximum atomic E-state index is 11.9. The summed E-state index contributed by atoms with van der Waals surface area (Å²) < 4.78 is 16.0. The molecule has 0 aliphatic carbocycles. The number of hydrogen-bond acceptors (Lipinski definition) is 5. The van der Waals surface area contributed by atoms with E-state index in [0.29, 0.717) is 35.9 Å². The maximum Gasteiger partial charge on any atom is 0.260 e. The predicted octanol–water partition coefficient (Wildman–Crippen LogP) is 1.15. The molecule has 1 aromatic rings. The zero-order chi connectivity index (χ0) is 14.5. The van der Waals surface area contributed by atoms with E-state index >= 15 is 0 Å². The predicted molar refractivity (Wildman–Crippen MR) is 71.9 cm³/mol. The van der Waals surface area contributed by atoms with Crippen molar-refractivity contribution in [3.63, 3.8) is 0 Å². The van der Waals surface area contributed by atoms with Gasteiger partial charge >= 0.3 is 0 Å². The third-order valence-corrected chi connectivity index (χ3v) is 3.19. The number of carbonyl (C=O) groups excluding carboxylic acids is 1. The Balaban J connectivity index is 2.07. The first-order valence-corrected chi connectivity index (χ1v) is 6.63. The fraction of sp³-hybridized carbons (Fsp3) is 0.500. The first-order chi connectivity index (χ1) is 9.69. The van der Waals surface area contributed by atoms with Crippen molar-refractivity contribution >= 4 is 5.91 Å². The lowest BCUT2D eigenvalue weighted by atomic mass is 10.2. The van der Waals surface area contributed by atoms with E-state index in [4.69, 9.17) is 14.2 Å². The quantitative estimate of drug-likeness (QED) is 0.847. The monoisotopic (exact) mass is 281 g/mol. The van der Waals surface area contributed by atoms with E-state index in [9.17, 15) is 9.90 Å². The molecule has 0 atom stereocenters. The Hall–Kier alpha value is -1.95. The van der Waals surface area contributed by atoms with E-state index < -0.39 is 0 Å². The van der Waals surface area contributed by atoms with E-state index in [-0.39, 0.29) is 25.9 Å². The summed E-state index contributed by atoms with van der Waals surface area (Å²) >= 11 is 0. The van der Waals surface area contributed by atoms with Crippen LogP contribution < -0.4 is 14.2 Å². The third kappa shape index (κ3) is 2.96. The van der Waals surface area contributed by atoms with E-state index in [2.05, 4.69) is 0 Å². The average Bonchev–Trinajstić information content (AvgIpc) is 2.92. The number of carbonyl (C=O) groups is 1. The third-order valence-electron chi connectivity index (χ3n) is 3.19. The van der Waals surface area contributed by atoms with Gasteiger partial charge in [-0.15, -0.1) is 0 Å². The van der Waals surface area contributed by atoms with E-state index in [1.165, 1.54) is 0 Å². The molecule has 20 heavy (non-hydrogen) atoms. The maximum absolute atomic E-state index is 11.9. The molecule has 0 saturated heterocycles. The lowest BCUT2D eigenvalue weighted by Gasteiger charge is -2.19. The van der Waals surface area contributed by atoms with Gasteiger partial charge in [-0.25, -0.2) is 0 Å². The Morgan fingerprint density at radius 2 is 1.95 bits per heavy atom. The SMILES string of the molecule is CCN(CC)C(=O)COc1cc2c(cc1CO)OCO2. The molecule has 2 rings (SSSR count). The number of benzene rings is 1. The fourth-order valence-electron chi connectivity index (χ4n) is 2.03. The average molecular weight is 281 g/mol. The van der Waals surface area contributed by atoms with Crippen LogP contribution in [-0.2, 0) is 11.4 Å². The second kappa shape index (κ2) is 6.47. The minimum atomic E-state index is -0.189. The normalized spacial score (nSPS) is 12.3. The summed E-state index contributed by atoms with van der Waals surface area (Å²) in [5.74, 6) is 1.50. The van der Waals surface area contributed by atoms with E-state index in [1.807, 2.05) is 13.8 Å². The summed E-state index contributed by atoms with van der Waals surface area (Å²) in [7, 11) is 0. The van der Waals surface area contributed by atoms with Gasteiger partial charge in [-0.1, -0.05) is 0 Å². The van der Waals surface area contributed by atoms with Crippen molar-refractivity contribution in [2.75, 3.05) is 26.5 Å². The standard InChI is InChI=1S/C14H19NO5/c1-3-15(4-2)14(17)8-18-11-6-13-12(19-9-20-13)5-10(11)7-16/h5-6,16H,3-4,7-9H2,1-2H3. The van der Waals surface area contributed by atoms with Gasteiger partial charge in [-0.2, -0.15) is 0 Å². The summed E-state index contributed by atoms with van der Waals surface area (Å²) in [6.45, 7) is 5.03. The minimum Gasteiger partial charge on any atom is -0.483 e. The second-order valence-electron chi connectivity index (χ2n) is 4.33. The van der Waals surface area contributed by atoms with Gasteiger partial charge in [0.15, 0.2) is 18.1 Å². The van der Waals surface area contributed by atoms with Crippen LogP contribution in [0.1, 0.15) is 19.4 Å². The number of amides is 1. The van der Waals surface area contributed by atoms with Crippen LogP contribution in [0.25, 0.3) is 0 Å².